The number of hydrogen-bond acceptors (Lipinski definition) is 3. The maximum Gasteiger partial charge on any atom is 0.309 e. The molecule has 2 aliphatic rings. The Kier molecular flexibility index (Phi) is 4.81. The molecule has 0 aromatic carbocycles. The third-order valence-corrected chi connectivity index (χ3v) is 7.63. The summed E-state index contributed by atoms with van der Waals surface area (Å²) in [6, 6.07) is 2.08. The van der Waals surface area contributed by atoms with E-state index >= 15 is 0 Å². The van der Waals surface area contributed by atoms with Crippen LogP contribution in [0.25, 0.3) is 0 Å². The standard InChI is InChI=1S/C21H32O3/c1-15-8-11-21(3)17(19(22)23-4)6-5-7-18(21)20(15,2)12-9-16-10-13-24-14-16/h10,13-15,17-18H,5-9,11-12H2,1-4H3/t15-,17-,18-,20+,21+/m0/s1. The summed E-state index contributed by atoms with van der Waals surface area (Å²) < 4.78 is 10.4. The fourth-order valence-corrected chi connectivity index (χ4v) is 5.86. The van der Waals surface area contributed by atoms with Gasteiger partial charge in [0.05, 0.1) is 25.6 Å². The van der Waals surface area contributed by atoms with Crippen LogP contribution < -0.4 is 0 Å². The summed E-state index contributed by atoms with van der Waals surface area (Å²) in [6.45, 7) is 7.25. The average molecular weight is 332 g/mol. The van der Waals surface area contributed by atoms with Crippen molar-refractivity contribution in [2.75, 3.05) is 7.11 Å². The molecule has 3 heteroatoms. The minimum atomic E-state index is 0.00828. The molecular formula is C21H32O3. The molecule has 1 aromatic rings. The van der Waals surface area contributed by atoms with Crippen molar-refractivity contribution in [2.45, 2.75) is 65.7 Å². The van der Waals surface area contributed by atoms with Gasteiger partial charge >= 0.3 is 5.97 Å². The summed E-state index contributed by atoms with van der Waals surface area (Å²) in [4.78, 5) is 12.4. The summed E-state index contributed by atoms with van der Waals surface area (Å²) in [6.07, 6.45) is 11.6. The minimum Gasteiger partial charge on any atom is -0.472 e. The third kappa shape index (κ3) is 2.80. The maximum absolute atomic E-state index is 12.4. The first kappa shape index (κ1) is 17.6. The van der Waals surface area contributed by atoms with Crippen molar-refractivity contribution in [1.29, 1.82) is 0 Å². The smallest absolute Gasteiger partial charge is 0.309 e. The second kappa shape index (κ2) is 6.57. The Hall–Kier alpha value is -1.25. The first-order chi connectivity index (χ1) is 11.4. The van der Waals surface area contributed by atoms with Crippen molar-refractivity contribution in [3.8, 4) is 0 Å². The normalized spacial score (nSPS) is 39.2. The minimum absolute atomic E-state index is 0.00828. The van der Waals surface area contributed by atoms with E-state index in [1.54, 1.807) is 13.4 Å². The van der Waals surface area contributed by atoms with Gasteiger partial charge in [0.15, 0.2) is 0 Å². The van der Waals surface area contributed by atoms with Gasteiger partial charge in [-0.3, -0.25) is 4.79 Å². The van der Waals surface area contributed by atoms with Gasteiger partial charge in [-0.05, 0) is 72.8 Å². The quantitative estimate of drug-likeness (QED) is 0.707. The lowest BCUT2D eigenvalue weighted by molar-refractivity contribution is -0.167. The molecule has 2 fully saturated rings. The highest BCUT2D eigenvalue weighted by Crippen LogP contribution is 2.63. The number of esters is 1. The molecule has 2 saturated carbocycles. The third-order valence-electron chi connectivity index (χ3n) is 7.63. The predicted molar refractivity (Wildman–Crippen MR) is 94.5 cm³/mol. The van der Waals surface area contributed by atoms with Crippen molar-refractivity contribution in [3.63, 3.8) is 0 Å². The van der Waals surface area contributed by atoms with Crippen LogP contribution in [0.4, 0.5) is 0 Å². The monoisotopic (exact) mass is 332 g/mol. The Morgan fingerprint density at radius 2 is 2.12 bits per heavy atom. The van der Waals surface area contributed by atoms with Crippen LogP contribution in [0, 0.1) is 28.6 Å². The lowest BCUT2D eigenvalue weighted by Crippen LogP contribution is -2.54. The number of furan rings is 1. The fourth-order valence-electron chi connectivity index (χ4n) is 5.86. The Morgan fingerprint density at radius 3 is 2.79 bits per heavy atom. The lowest BCUT2D eigenvalue weighted by atomic mass is 9.44. The Bertz CT molecular complexity index is 564. The van der Waals surface area contributed by atoms with E-state index in [1.165, 1.54) is 24.8 Å². The SMILES string of the molecule is COC(=O)[C@@H]1CCC[C@H]2[C@](C)(CCc3ccoc3)[C@@H](C)CC[C@@]21C. The molecule has 134 valence electrons. The zero-order chi connectivity index (χ0) is 17.4. The lowest BCUT2D eigenvalue weighted by Gasteiger charge is -2.60. The van der Waals surface area contributed by atoms with Gasteiger partial charge in [-0.1, -0.05) is 27.2 Å². The van der Waals surface area contributed by atoms with Crippen molar-refractivity contribution in [1.82, 2.24) is 0 Å². The number of hydrogen-bond donors (Lipinski definition) is 0. The summed E-state index contributed by atoms with van der Waals surface area (Å²) >= 11 is 0. The second-order valence-corrected chi connectivity index (χ2v) is 8.64. The second-order valence-electron chi connectivity index (χ2n) is 8.64. The molecule has 2 aliphatic carbocycles. The van der Waals surface area contributed by atoms with E-state index < -0.39 is 0 Å². The number of carbonyl (C=O) groups is 1. The first-order valence-electron chi connectivity index (χ1n) is 9.50. The molecule has 0 bridgehead atoms. The molecule has 0 N–H and O–H groups in total. The molecule has 24 heavy (non-hydrogen) atoms. The first-order valence-corrected chi connectivity index (χ1v) is 9.50. The van der Waals surface area contributed by atoms with Gasteiger partial charge < -0.3 is 9.15 Å². The summed E-state index contributed by atoms with van der Waals surface area (Å²) in [5.74, 6) is 1.37. The number of rotatable bonds is 4. The van der Waals surface area contributed by atoms with Gasteiger partial charge in [0, 0.05) is 0 Å². The molecule has 5 atom stereocenters. The summed E-state index contributed by atoms with van der Waals surface area (Å²) in [7, 11) is 1.54. The van der Waals surface area contributed by atoms with E-state index in [0.29, 0.717) is 11.8 Å². The van der Waals surface area contributed by atoms with Crippen LogP contribution >= 0.6 is 0 Å². The van der Waals surface area contributed by atoms with Crippen LogP contribution in [-0.2, 0) is 16.0 Å². The van der Waals surface area contributed by atoms with Crippen molar-refractivity contribution >= 4 is 5.97 Å². The highest BCUT2D eigenvalue weighted by molar-refractivity contribution is 5.73. The van der Waals surface area contributed by atoms with Gasteiger partial charge in [0.1, 0.15) is 0 Å². The average Bonchev–Trinajstić information content (AvgIpc) is 3.09. The molecule has 1 heterocycles. The van der Waals surface area contributed by atoms with E-state index in [4.69, 9.17) is 9.15 Å². The van der Waals surface area contributed by atoms with Crippen molar-refractivity contribution in [2.24, 2.45) is 28.6 Å². The Morgan fingerprint density at radius 1 is 1.33 bits per heavy atom. The molecule has 0 spiro atoms. The number of fused-ring (bicyclic) bond motifs is 1. The van der Waals surface area contributed by atoms with Crippen LogP contribution in [0.3, 0.4) is 0 Å². The number of ether oxygens (including phenoxy) is 1. The molecular weight excluding hydrogens is 300 g/mol. The van der Waals surface area contributed by atoms with Gasteiger partial charge in [-0.2, -0.15) is 0 Å². The zero-order valence-electron chi connectivity index (χ0n) is 15.6. The number of aryl methyl sites for hydroxylation is 1. The van der Waals surface area contributed by atoms with E-state index in [0.717, 1.165) is 25.7 Å². The summed E-state index contributed by atoms with van der Waals surface area (Å²) in [5.41, 5.74) is 1.65. The van der Waals surface area contributed by atoms with Gasteiger partial charge in [-0.25, -0.2) is 0 Å². The number of carbonyl (C=O) groups excluding carboxylic acids is 1. The zero-order valence-corrected chi connectivity index (χ0v) is 15.6. The highest BCUT2D eigenvalue weighted by atomic mass is 16.5. The number of methoxy groups -OCH3 is 1. The van der Waals surface area contributed by atoms with Gasteiger partial charge in [-0.15, -0.1) is 0 Å². The molecule has 0 saturated heterocycles. The van der Waals surface area contributed by atoms with Crippen molar-refractivity contribution in [3.05, 3.63) is 24.2 Å². The van der Waals surface area contributed by atoms with Crippen LogP contribution in [0.2, 0.25) is 0 Å². The molecule has 0 unspecified atom stereocenters. The van der Waals surface area contributed by atoms with Gasteiger partial charge in [0.25, 0.3) is 0 Å². The molecule has 1 aromatic heterocycles. The largest absolute Gasteiger partial charge is 0.472 e. The highest BCUT2D eigenvalue weighted by Gasteiger charge is 2.57. The molecule has 0 aliphatic heterocycles. The Balaban J connectivity index is 1.86. The topological polar surface area (TPSA) is 39.4 Å². The predicted octanol–water partition coefficient (Wildman–Crippen LogP) is 5.24. The van der Waals surface area contributed by atoms with E-state index in [-0.39, 0.29) is 22.7 Å². The van der Waals surface area contributed by atoms with E-state index in [1.807, 2.05) is 6.26 Å². The van der Waals surface area contributed by atoms with Crippen molar-refractivity contribution < 1.29 is 13.9 Å². The van der Waals surface area contributed by atoms with Crippen LogP contribution in [0.15, 0.2) is 23.0 Å². The molecule has 0 amide bonds. The van der Waals surface area contributed by atoms with E-state index in [9.17, 15) is 4.79 Å². The fraction of sp³-hybridized carbons (Fsp3) is 0.762. The molecule has 0 radical (unpaired) electrons. The van der Waals surface area contributed by atoms with Gasteiger partial charge in [0.2, 0.25) is 0 Å². The van der Waals surface area contributed by atoms with Crippen LogP contribution in [0.5, 0.6) is 0 Å². The summed E-state index contributed by atoms with van der Waals surface area (Å²) in [5, 5.41) is 0. The van der Waals surface area contributed by atoms with E-state index in [2.05, 4.69) is 26.8 Å². The van der Waals surface area contributed by atoms with Crippen LogP contribution in [-0.4, -0.2) is 13.1 Å². The van der Waals surface area contributed by atoms with Crippen LogP contribution in [0.1, 0.15) is 64.9 Å². The maximum atomic E-state index is 12.4. The molecule has 3 nitrogen and oxygen atoms in total. The Labute approximate surface area is 146 Å². The molecule has 3 rings (SSSR count).